The Labute approximate surface area is 139 Å². The molecule has 0 aliphatic heterocycles. The quantitative estimate of drug-likeness (QED) is 0.918. The van der Waals surface area contributed by atoms with Crippen LogP contribution in [-0.2, 0) is 5.41 Å². The van der Waals surface area contributed by atoms with Crippen LogP contribution < -0.4 is 5.32 Å². The third-order valence-electron chi connectivity index (χ3n) is 4.19. The van der Waals surface area contributed by atoms with Crippen LogP contribution in [0.25, 0.3) is 5.65 Å². The van der Waals surface area contributed by atoms with Gasteiger partial charge in [0.25, 0.3) is 0 Å². The van der Waals surface area contributed by atoms with Crippen molar-refractivity contribution in [2.75, 3.05) is 26.0 Å². The zero-order valence-electron chi connectivity index (χ0n) is 15.7. The number of rotatable bonds is 5. The van der Waals surface area contributed by atoms with Gasteiger partial charge in [-0.15, -0.1) is 15.3 Å². The highest BCUT2D eigenvalue weighted by atomic mass is 15.4. The second-order valence-electron chi connectivity index (χ2n) is 8.35. The predicted molar refractivity (Wildman–Crippen MR) is 94.9 cm³/mol. The van der Waals surface area contributed by atoms with E-state index in [1.807, 2.05) is 16.6 Å². The fraction of sp³-hybridized carbons (Fsp3) is 0.706. The average Bonchev–Trinajstić information content (AvgIpc) is 2.79. The Kier molecular flexibility index (Phi) is 4.66. The van der Waals surface area contributed by atoms with Crippen LogP contribution >= 0.6 is 0 Å². The number of anilines is 1. The molecule has 0 bridgehead atoms. The lowest BCUT2D eigenvalue weighted by Crippen LogP contribution is -2.41. The van der Waals surface area contributed by atoms with Gasteiger partial charge in [0.1, 0.15) is 5.82 Å². The molecule has 0 radical (unpaired) electrons. The molecule has 0 spiro atoms. The van der Waals surface area contributed by atoms with Crippen LogP contribution in [0.3, 0.4) is 0 Å². The van der Waals surface area contributed by atoms with Crippen molar-refractivity contribution < 1.29 is 0 Å². The maximum absolute atomic E-state index is 4.70. The summed E-state index contributed by atoms with van der Waals surface area (Å²) in [5.74, 6) is 1.72. The van der Waals surface area contributed by atoms with Crippen molar-refractivity contribution in [2.24, 2.45) is 5.41 Å². The molecule has 128 valence electrons. The molecule has 1 unspecified atom stereocenters. The van der Waals surface area contributed by atoms with E-state index in [-0.39, 0.29) is 16.9 Å². The monoisotopic (exact) mass is 318 g/mol. The molecular formula is C17H30N6. The Bertz CT molecular complexity index is 665. The second kappa shape index (κ2) is 6.07. The summed E-state index contributed by atoms with van der Waals surface area (Å²) in [4.78, 5) is 2.21. The highest BCUT2D eigenvalue weighted by Crippen LogP contribution is 2.25. The number of aromatic nitrogens is 4. The van der Waals surface area contributed by atoms with Crippen molar-refractivity contribution in [2.45, 2.75) is 53.0 Å². The minimum atomic E-state index is -0.0964. The second-order valence-corrected chi connectivity index (χ2v) is 8.35. The summed E-state index contributed by atoms with van der Waals surface area (Å²) in [7, 11) is 4.21. The van der Waals surface area contributed by atoms with E-state index >= 15 is 0 Å². The molecule has 6 nitrogen and oxygen atoms in total. The zero-order valence-corrected chi connectivity index (χ0v) is 15.7. The number of hydrogen-bond donors (Lipinski definition) is 1. The minimum Gasteiger partial charge on any atom is -0.366 e. The summed E-state index contributed by atoms with van der Waals surface area (Å²) in [6.07, 6.45) is 0. The van der Waals surface area contributed by atoms with Crippen LogP contribution in [-0.4, -0.2) is 51.4 Å². The lowest BCUT2D eigenvalue weighted by atomic mass is 9.85. The summed E-state index contributed by atoms with van der Waals surface area (Å²) in [5.41, 5.74) is 0.807. The van der Waals surface area contributed by atoms with Gasteiger partial charge in [-0.3, -0.25) is 0 Å². The molecule has 0 amide bonds. The SMILES string of the molecule is CC(Nc1ccc2nnc(C(C)(C)C)n2n1)C(C)(C)CN(C)C. The topological polar surface area (TPSA) is 58.4 Å². The Balaban J connectivity index is 2.27. The molecule has 0 aliphatic carbocycles. The Hall–Kier alpha value is -1.69. The van der Waals surface area contributed by atoms with E-state index in [1.165, 1.54) is 0 Å². The van der Waals surface area contributed by atoms with Crippen molar-refractivity contribution in [1.82, 2.24) is 24.7 Å². The van der Waals surface area contributed by atoms with Gasteiger partial charge in [0.15, 0.2) is 11.5 Å². The number of hydrogen-bond acceptors (Lipinski definition) is 5. The van der Waals surface area contributed by atoms with E-state index in [9.17, 15) is 0 Å². The first-order chi connectivity index (χ1) is 10.5. The highest BCUT2D eigenvalue weighted by Gasteiger charge is 2.27. The van der Waals surface area contributed by atoms with Gasteiger partial charge in [0, 0.05) is 18.0 Å². The van der Waals surface area contributed by atoms with Gasteiger partial charge in [0.2, 0.25) is 0 Å². The van der Waals surface area contributed by atoms with Crippen molar-refractivity contribution in [1.29, 1.82) is 0 Å². The molecular weight excluding hydrogens is 288 g/mol. The molecule has 1 N–H and O–H groups in total. The first kappa shape index (κ1) is 17.7. The highest BCUT2D eigenvalue weighted by molar-refractivity contribution is 5.45. The van der Waals surface area contributed by atoms with E-state index in [1.54, 1.807) is 0 Å². The number of nitrogens with zero attached hydrogens (tertiary/aromatic N) is 5. The molecule has 0 saturated heterocycles. The molecule has 0 aliphatic rings. The van der Waals surface area contributed by atoms with Crippen LogP contribution in [0.4, 0.5) is 5.82 Å². The van der Waals surface area contributed by atoms with Crippen LogP contribution in [0.2, 0.25) is 0 Å². The van der Waals surface area contributed by atoms with Crippen LogP contribution in [0, 0.1) is 5.41 Å². The summed E-state index contributed by atoms with van der Waals surface area (Å²) in [5, 5.41) is 16.7. The number of nitrogens with one attached hydrogen (secondary N) is 1. The van der Waals surface area contributed by atoms with Crippen molar-refractivity contribution in [3.8, 4) is 0 Å². The van der Waals surface area contributed by atoms with Crippen molar-refractivity contribution >= 4 is 11.5 Å². The Morgan fingerprint density at radius 1 is 1.13 bits per heavy atom. The molecule has 0 aromatic carbocycles. The summed E-state index contributed by atoms with van der Waals surface area (Å²) in [6.45, 7) is 14.1. The normalized spacial score (nSPS) is 14.5. The maximum Gasteiger partial charge on any atom is 0.178 e. The molecule has 6 heteroatoms. The van der Waals surface area contributed by atoms with E-state index in [0.717, 1.165) is 23.8 Å². The molecule has 1 atom stereocenters. The van der Waals surface area contributed by atoms with Gasteiger partial charge in [-0.1, -0.05) is 34.6 Å². The molecule has 0 saturated carbocycles. The van der Waals surface area contributed by atoms with Gasteiger partial charge in [-0.25, -0.2) is 0 Å². The van der Waals surface area contributed by atoms with Gasteiger partial charge in [-0.05, 0) is 38.6 Å². The molecule has 2 aromatic heterocycles. The number of fused-ring (bicyclic) bond motifs is 1. The van der Waals surface area contributed by atoms with Gasteiger partial charge >= 0.3 is 0 Å². The fourth-order valence-electron chi connectivity index (χ4n) is 2.70. The van der Waals surface area contributed by atoms with E-state index < -0.39 is 0 Å². The summed E-state index contributed by atoms with van der Waals surface area (Å²) >= 11 is 0. The molecule has 2 heterocycles. The Morgan fingerprint density at radius 2 is 1.78 bits per heavy atom. The van der Waals surface area contributed by atoms with Crippen molar-refractivity contribution in [3.63, 3.8) is 0 Å². The molecule has 2 rings (SSSR count). The van der Waals surface area contributed by atoms with E-state index in [4.69, 9.17) is 5.10 Å². The van der Waals surface area contributed by atoms with Crippen LogP contribution in [0.1, 0.15) is 47.4 Å². The maximum atomic E-state index is 4.70. The molecule has 23 heavy (non-hydrogen) atoms. The molecule has 2 aromatic rings. The van der Waals surface area contributed by atoms with Crippen LogP contribution in [0.5, 0.6) is 0 Å². The third-order valence-corrected chi connectivity index (χ3v) is 4.19. The average molecular weight is 318 g/mol. The first-order valence-electron chi connectivity index (χ1n) is 8.15. The van der Waals surface area contributed by atoms with Gasteiger partial charge in [0.05, 0.1) is 0 Å². The van der Waals surface area contributed by atoms with E-state index in [0.29, 0.717) is 0 Å². The summed E-state index contributed by atoms with van der Waals surface area (Å²) in [6, 6.07) is 4.21. The van der Waals surface area contributed by atoms with Crippen LogP contribution in [0.15, 0.2) is 12.1 Å². The third kappa shape index (κ3) is 3.99. The first-order valence-corrected chi connectivity index (χ1v) is 8.15. The zero-order chi connectivity index (χ0) is 17.4. The fourth-order valence-corrected chi connectivity index (χ4v) is 2.70. The smallest absolute Gasteiger partial charge is 0.178 e. The lowest BCUT2D eigenvalue weighted by Gasteiger charge is -2.35. The van der Waals surface area contributed by atoms with Gasteiger partial charge in [-0.2, -0.15) is 4.52 Å². The van der Waals surface area contributed by atoms with E-state index in [2.05, 4.69) is 76.1 Å². The predicted octanol–water partition coefficient (Wildman–Crippen LogP) is 2.81. The van der Waals surface area contributed by atoms with Crippen molar-refractivity contribution in [3.05, 3.63) is 18.0 Å². The molecule has 0 fully saturated rings. The van der Waals surface area contributed by atoms with Gasteiger partial charge < -0.3 is 10.2 Å². The standard InChI is InChI=1S/C17H30N6/c1-12(17(5,6)11-22(7)8)18-13-9-10-14-19-20-15(16(2,3)4)23(14)21-13/h9-10,12H,11H2,1-8H3,(H,18,21). The minimum absolute atomic E-state index is 0.0964. The summed E-state index contributed by atoms with van der Waals surface area (Å²) < 4.78 is 1.84. The largest absolute Gasteiger partial charge is 0.366 e. The lowest BCUT2D eigenvalue weighted by molar-refractivity contribution is 0.217. The Morgan fingerprint density at radius 3 is 2.35 bits per heavy atom.